The lowest BCUT2D eigenvalue weighted by Crippen LogP contribution is -2.45. The van der Waals surface area contributed by atoms with Crippen LogP contribution in [0.2, 0.25) is 0 Å². The zero-order valence-corrected chi connectivity index (χ0v) is 18.5. The molecule has 0 radical (unpaired) electrons. The van der Waals surface area contributed by atoms with Gasteiger partial charge in [0.25, 0.3) is 0 Å². The van der Waals surface area contributed by atoms with E-state index in [1.165, 1.54) is 4.31 Å². The average Bonchev–Trinajstić information content (AvgIpc) is 3.07. The highest BCUT2D eigenvalue weighted by Crippen LogP contribution is 2.30. The van der Waals surface area contributed by atoms with E-state index in [-0.39, 0.29) is 25.4 Å². The van der Waals surface area contributed by atoms with E-state index < -0.39 is 21.4 Å². The van der Waals surface area contributed by atoms with E-state index >= 15 is 0 Å². The van der Waals surface area contributed by atoms with Crippen molar-refractivity contribution in [2.45, 2.75) is 50.0 Å². The van der Waals surface area contributed by atoms with E-state index in [9.17, 15) is 18.6 Å². The maximum Gasteiger partial charge on any atom is 0.217 e. The topological polar surface area (TPSA) is 82.8 Å². The summed E-state index contributed by atoms with van der Waals surface area (Å²) in [5.41, 5.74) is 1.99. The van der Waals surface area contributed by atoms with E-state index in [0.29, 0.717) is 12.8 Å². The first-order valence-corrected chi connectivity index (χ1v) is 12.4. The van der Waals surface area contributed by atoms with E-state index in [4.69, 9.17) is 0 Å². The number of rotatable bonds is 8. The third-order valence-electron chi connectivity index (χ3n) is 6.18. The Labute approximate surface area is 183 Å². The summed E-state index contributed by atoms with van der Waals surface area (Å²) in [7, 11) is -3.63. The normalized spacial score (nSPS) is 16.8. The third kappa shape index (κ3) is 4.49. The van der Waals surface area contributed by atoms with Crippen LogP contribution in [0.4, 0.5) is 0 Å². The van der Waals surface area contributed by atoms with Gasteiger partial charge in [0, 0.05) is 28.4 Å². The Morgan fingerprint density at radius 2 is 1.58 bits per heavy atom. The van der Waals surface area contributed by atoms with Crippen molar-refractivity contribution in [3.63, 3.8) is 0 Å². The number of aliphatic hydroxyl groups excluding tert-OH is 2. The number of nitrogens with zero attached hydrogens (tertiary/aromatic N) is 2. The highest BCUT2D eigenvalue weighted by Gasteiger charge is 2.34. The molecule has 2 aromatic carbocycles. The van der Waals surface area contributed by atoms with Crippen molar-refractivity contribution in [1.82, 2.24) is 8.87 Å². The summed E-state index contributed by atoms with van der Waals surface area (Å²) in [5.74, 6) is -0.219. The van der Waals surface area contributed by atoms with Crippen molar-refractivity contribution >= 4 is 31.8 Å². The lowest BCUT2D eigenvalue weighted by Gasteiger charge is -2.30. The summed E-state index contributed by atoms with van der Waals surface area (Å²) < 4.78 is 29.7. The second kappa shape index (κ2) is 9.02. The molecule has 6 nitrogen and oxygen atoms in total. The molecule has 1 aromatic heterocycles. The van der Waals surface area contributed by atoms with E-state index in [1.807, 2.05) is 41.0 Å². The lowest BCUT2D eigenvalue weighted by molar-refractivity contribution is 0.129. The van der Waals surface area contributed by atoms with Gasteiger partial charge in [0.2, 0.25) is 10.0 Å². The van der Waals surface area contributed by atoms with Crippen LogP contribution in [0.25, 0.3) is 21.8 Å². The average molecular weight is 443 g/mol. The fourth-order valence-corrected chi connectivity index (χ4v) is 6.80. The predicted octanol–water partition coefficient (Wildman–Crippen LogP) is 4.19. The molecular weight excluding hydrogens is 412 g/mol. The highest BCUT2D eigenvalue weighted by atomic mass is 32.2. The van der Waals surface area contributed by atoms with Gasteiger partial charge < -0.3 is 14.8 Å². The molecule has 0 amide bonds. The Balaban J connectivity index is 1.61. The summed E-state index contributed by atoms with van der Waals surface area (Å²) in [6.45, 7) is 3.46. The number of hydrogen-bond acceptors (Lipinski definition) is 4. The third-order valence-corrected chi connectivity index (χ3v) is 8.49. The van der Waals surface area contributed by atoms with Gasteiger partial charge in [-0.25, -0.2) is 8.42 Å². The van der Waals surface area contributed by atoms with Crippen molar-refractivity contribution in [3.05, 3.63) is 60.9 Å². The van der Waals surface area contributed by atoms with Gasteiger partial charge in [-0.1, -0.05) is 62.2 Å². The summed E-state index contributed by atoms with van der Waals surface area (Å²) in [6, 6.07) is 16.0. The monoisotopic (exact) mass is 442 g/mol. The minimum Gasteiger partial charge on any atom is -0.512 e. The van der Waals surface area contributed by atoms with Crippen LogP contribution in [-0.4, -0.2) is 51.9 Å². The first-order valence-electron chi connectivity index (χ1n) is 10.9. The zero-order chi connectivity index (χ0) is 22.0. The highest BCUT2D eigenvalue weighted by molar-refractivity contribution is 7.89. The van der Waals surface area contributed by atoms with Crippen LogP contribution in [-0.2, 0) is 16.6 Å². The van der Waals surface area contributed by atoms with E-state index in [0.717, 1.165) is 41.1 Å². The molecule has 7 heteroatoms. The molecule has 0 saturated heterocycles. The Hall–Kier alpha value is -2.35. The maximum atomic E-state index is 13.2. The molecule has 1 unspecified atom stereocenters. The standard InChI is InChI=1S/C24H30N2O4S/c1-18(27)15-25(31(29,30)20-9-3-2-4-10-20)16-19(28)17-26-23-13-7-5-11-21(23)22-12-6-8-14-24(22)26/h5-8,11-14,19-20,27-28H,1-4,9-10,15-17H2. The van der Waals surface area contributed by atoms with Crippen molar-refractivity contribution in [2.75, 3.05) is 13.1 Å². The van der Waals surface area contributed by atoms with Gasteiger partial charge in [-0.15, -0.1) is 0 Å². The van der Waals surface area contributed by atoms with Crippen LogP contribution in [0.3, 0.4) is 0 Å². The quantitative estimate of drug-likeness (QED) is 0.513. The molecule has 166 valence electrons. The molecule has 31 heavy (non-hydrogen) atoms. The molecule has 0 spiro atoms. The van der Waals surface area contributed by atoms with E-state index in [2.05, 4.69) is 18.7 Å². The van der Waals surface area contributed by atoms with Gasteiger partial charge in [0.05, 0.1) is 24.4 Å². The Morgan fingerprint density at radius 3 is 2.13 bits per heavy atom. The van der Waals surface area contributed by atoms with Crippen LogP contribution >= 0.6 is 0 Å². The van der Waals surface area contributed by atoms with Crippen LogP contribution in [0.15, 0.2) is 60.9 Å². The summed E-state index contributed by atoms with van der Waals surface area (Å²) in [5, 5.41) is 22.4. The molecule has 1 aliphatic rings. The number of aliphatic hydroxyl groups is 2. The maximum absolute atomic E-state index is 13.2. The molecule has 1 heterocycles. The van der Waals surface area contributed by atoms with Gasteiger partial charge in [-0.2, -0.15) is 4.31 Å². The molecule has 1 saturated carbocycles. The van der Waals surface area contributed by atoms with Gasteiger partial charge in [0.15, 0.2) is 0 Å². The van der Waals surface area contributed by atoms with Crippen molar-refractivity contribution in [2.24, 2.45) is 0 Å². The molecular formula is C24H30N2O4S. The largest absolute Gasteiger partial charge is 0.512 e. The molecule has 1 fully saturated rings. The fraction of sp³-hybridized carbons (Fsp3) is 0.417. The summed E-state index contributed by atoms with van der Waals surface area (Å²) in [4.78, 5) is 0. The van der Waals surface area contributed by atoms with Crippen LogP contribution in [0.1, 0.15) is 32.1 Å². The van der Waals surface area contributed by atoms with Gasteiger partial charge in [-0.05, 0) is 25.0 Å². The molecule has 0 bridgehead atoms. The fourth-order valence-electron chi connectivity index (χ4n) is 4.74. The predicted molar refractivity (Wildman–Crippen MR) is 125 cm³/mol. The Bertz CT molecular complexity index is 1130. The first kappa shape index (κ1) is 21.9. The minimum atomic E-state index is -3.63. The van der Waals surface area contributed by atoms with Crippen LogP contribution < -0.4 is 0 Å². The van der Waals surface area contributed by atoms with Crippen molar-refractivity contribution in [1.29, 1.82) is 0 Å². The number of fused-ring (bicyclic) bond motifs is 3. The number of aromatic nitrogens is 1. The molecule has 1 aliphatic carbocycles. The smallest absolute Gasteiger partial charge is 0.217 e. The minimum absolute atomic E-state index is 0.0841. The lowest BCUT2D eigenvalue weighted by atomic mass is 10.0. The molecule has 1 atom stereocenters. The Kier molecular flexibility index (Phi) is 6.36. The summed E-state index contributed by atoms with van der Waals surface area (Å²) >= 11 is 0. The Morgan fingerprint density at radius 1 is 1.03 bits per heavy atom. The van der Waals surface area contributed by atoms with E-state index in [1.54, 1.807) is 0 Å². The van der Waals surface area contributed by atoms with Crippen LogP contribution in [0, 0.1) is 0 Å². The van der Waals surface area contributed by atoms with Gasteiger partial charge in [-0.3, -0.25) is 0 Å². The van der Waals surface area contributed by atoms with Gasteiger partial charge >= 0.3 is 0 Å². The second-order valence-electron chi connectivity index (χ2n) is 8.46. The first-order chi connectivity index (χ1) is 14.9. The number of sulfonamides is 1. The second-order valence-corrected chi connectivity index (χ2v) is 10.7. The van der Waals surface area contributed by atoms with Crippen molar-refractivity contribution < 1.29 is 18.6 Å². The summed E-state index contributed by atoms with van der Waals surface area (Å²) in [6.07, 6.45) is 3.15. The SMILES string of the molecule is C=C(O)CN(CC(O)Cn1c2ccccc2c2ccccc21)S(=O)(=O)C1CCCCC1. The number of para-hydroxylation sites is 2. The number of benzene rings is 2. The molecule has 4 rings (SSSR count). The molecule has 3 aromatic rings. The van der Waals surface area contributed by atoms with Gasteiger partial charge in [0.1, 0.15) is 5.76 Å². The zero-order valence-electron chi connectivity index (χ0n) is 17.7. The molecule has 0 aliphatic heterocycles. The van der Waals surface area contributed by atoms with Crippen molar-refractivity contribution in [3.8, 4) is 0 Å². The van der Waals surface area contributed by atoms with Crippen LogP contribution in [0.5, 0.6) is 0 Å². The molecule has 2 N–H and O–H groups in total. The number of hydrogen-bond donors (Lipinski definition) is 2.